The fraction of sp³-hybridized carbons (Fsp3) is 0.737. The van der Waals surface area contributed by atoms with Gasteiger partial charge in [-0.1, -0.05) is 19.0 Å². The number of likely N-dealkylation sites (N-methyl/N-ethyl adjacent to an activating group) is 1. The lowest BCUT2D eigenvalue weighted by Crippen LogP contribution is -2.41. The fourth-order valence-corrected chi connectivity index (χ4v) is 2.65. The normalized spacial score (nSPS) is 15.1. The molecule has 0 saturated carbocycles. The molecule has 10 heteroatoms. The van der Waals surface area contributed by atoms with Gasteiger partial charge in [0.05, 0.1) is 25.5 Å². The van der Waals surface area contributed by atoms with Crippen LogP contribution in [0.25, 0.3) is 0 Å². The molecule has 0 spiro atoms. The Bertz CT molecular complexity index is 629. The van der Waals surface area contributed by atoms with Crippen LogP contribution in [0.15, 0.2) is 15.6 Å². The summed E-state index contributed by atoms with van der Waals surface area (Å²) in [4.78, 5) is 20.2. The van der Waals surface area contributed by atoms with E-state index < -0.39 is 0 Å². The van der Waals surface area contributed by atoms with Gasteiger partial charge in [-0.3, -0.25) is 9.69 Å². The van der Waals surface area contributed by atoms with Crippen molar-refractivity contribution in [3.63, 3.8) is 0 Å². The fourth-order valence-electron chi connectivity index (χ4n) is 2.65. The van der Waals surface area contributed by atoms with Gasteiger partial charge in [0.25, 0.3) is 0 Å². The number of nitrogens with zero attached hydrogens (tertiary/aromatic N) is 4. The van der Waals surface area contributed by atoms with E-state index >= 15 is 0 Å². The minimum atomic E-state index is -0.0452. The Hall–Kier alpha value is -1.40. The number of carbonyl (C=O) groups excluding carboxylic acids is 1. The molecule has 2 heterocycles. The molecular formula is C19H35IN6O3. The number of guanidine groups is 1. The van der Waals surface area contributed by atoms with Gasteiger partial charge in [0, 0.05) is 39.8 Å². The Balaban J connectivity index is 0.00000420. The quantitative estimate of drug-likeness (QED) is 0.218. The van der Waals surface area contributed by atoms with Crippen LogP contribution in [0.4, 0.5) is 0 Å². The van der Waals surface area contributed by atoms with Gasteiger partial charge in [0.2, 0.25) is 5.91 Å². The van der Waals surface area contributed by atoms with Crippen LogP contribution in [0, 0.1) is 0 Å². The highest BCUT2D eigenvalue weighted by molar-refractivity contribution is 14.0. The molecule has 1 aliphatic heterocycles. The van der Waals surface area contributed by atoms with Crippen molar-refractivity contribution in [2.45, 2.75) is 32.7 Å². The van der Waals surface area contributed by atoms with Crippen molar-refractivity contribution in [2.75, 3.05) is 60.0 Å². The van der Waals surface area contributed by atoms with Crippen LogP contribution >= 0.6 is 24.0 Å². The van der Waals surface area contributed by atoms with Gasteiger partial charge in [-0.25, -0.2) is 4.99 Å². The summed E-state index contributed by atoms with van der Waals surface area (Å²) in [7, 11) is 3.45. The first-order valence-electron chi connectivity index (χ1n) is 9.93. The molecule has 0 unspecified atom stereocenters. The summed E-state index contributed by atoms with van der Waals surface area (Å²) in [5, 5.41) is 10.6. The Kier molecular flexibility index (Phi) is 12.2. The monoisotopic (exact) mass is 522 g/mol. The third-order valence-electron chi connectivity index (χ3n) is 4.52. The van der Waals surface area contributed by atoms with Crippen molar-refractivity contribution in [1.29, 1.82) is 0 Å². The van der Waals surface area contributed by atoms with Crippen molar-refractivity contribution < 1.29 is 14.1 Å². The number of ether oxygens (including phenoxy) is 1. The zero-order valence-electron chi connectivity index (χ0n) is 17.9. The van der Waals surface area contributed by atoms with Crippen LogP contribution in [-0.2, 0) is 16.1 Å². The van der Waals surface area contributed by atoms with Crippen LogP contribution in [0.1, 0.15) is 37.6 Å². The molecule has 0 bridgehead atoms. The maximum atomic E-state index is 11.9. The maximum Gasteiger partial charge on any atom is 0.243 e. The molecule has 2 N–H and O–H groups in total. The molecular weight excluding hydrogens is 487 g/mol. The summed E-state index contributed by atoms with van der Waals surface area (Å²) in [6.07, 6.45) is 0.988. The average molecular weight is 522 g/mol. The summed E-state index contributed by atoms with van der Waals surface area (Å²) >= 11 is 0. The number of aliphatic imine (C=N–C) groups is 1. The number of aromatic nitrogens is 1. The van der Waals surface area contributed by atoms with Gasteiger partial charge >= 0.3 is 0 Å². The Morgan fingerprint density at radius 2 is 2.03 bits per heavy atom. The Morgan fingerprint density at radius 1 is 1.31 bits per heavy atom. The summed E-state index contributed by atoms with van der Waals surface area (Å²) < 4.78 is 10.7. The average Bonchev–Trinajstić information content (AvgIpc) is 3.16. The van der Waals surface area contributed by atoms with Gasteiger partial charge in [-0.2, -0.15) is 0 Å². The second-order valence-electron chi connectivity index (χ2n) is 7.41. The lowest BCUT2D eigenvalue weighted by molar-refractivity contribution is -0.127. The second-order valence-corrected chi connectivity index (χ2v) is 7.41. The van der Waals surface area contributed by atoms with Crippen molar-refractivity contribution in [2.24, 2.45) is 4.99 Å². The predicted octanol–water partition coefficient (Wildman–Crippen LogP) is 1.26. The molecule has 0 radical (unpaired) electrons. The van der Waals surface area contributed by atoms with Crippen molar-refractivity contribution in [3.8, 4) is 0 Å². The summed E-state index contributed by atoms with van der Waals surface area (Å²) in [5.41, 5.74) is 0.927. The number of hydrogen-bond acceptors (Lipinski definition) is 6. The van der Waals surface area contributed by atoms with E-state index in [9.17, 15) is 4.79 Å². The molecule has 1 aromatic heterocycles. The zero-order valence-corrected chi connectivity index (χ0v) is 20.3. The highest BCUT2D eigenvalue weighted by Crippen LogP contribution is 2.13. The first kappa shape index (κ1) is 25.6. The molecule has 29 heavy (non-hydrogen) atoms. The van der Waals surface area contributed by atoms with Crippen LogP contribution in [0.5, 0.6) is 0 Å². The highest BCUT2D eigenvalue weighted by atomic mass is 127. The van der Waals surface area contributed by atoms with Gasteiger partial charge < -0.3 is 24.8 Å². The van der Waals surface area contributed by atoms with Crippen molar-refractivity contribution in [3.05, 3.63) is 17.5 Å². The van der Waals surface area contributed by atoms with E-state index in [2.05, 4.69) is 39.5 Å². The van der Waals surface area contributed by atoms with Crippen molar-refractivity contribution in [1.82, 2.24) is 25.6 Å². The van der Waals surface area contributed by atoms with E-state index in [1.165, 1.54) is 4.90 Å². The highest BCUT2D eigenvalue weighted by Gasteiger charge is 2.11. The van der Waals surface area contributed by atoms with E-state index in [-0.39, 0.29) is 36.4 Å². The third kappa shape index (κ3) is 9.77. The topological polar surface area (TPSA) is 95.2 Å². The lowest BCUT2D eigenvalue weighted by atomic mass is 10.1. The number of halogens is 1. The first-order chi connectivity index (χ1) is 13.5. The zero-order chi connectivity index (χ0) is 20.4. The Labute approximate surface area is 190 Å². The number of rotatable bonds is 9. The molecule has 9 nitrogen and oxygen atoms in total. The standard InChI is InChI=1S/C19H34N6O3.HI/c1-15(2)17-12-16(28-23-17)13-21-19(22-14-18(26)24(3)4)20-6-5-7-25-8-10-27-11-9-25;/h12,15H,5-11,13-14H2,1-4H3,(H2,20,21,22);1H. The van der Waals surface area contributed by atoms with E-state index in [4.69, 9.17) is 9.26 Å². The minimum absolute atomic E-state index is 0. The second kappa shape index (κ2) is 13.8. The van der Waals surface area contributed by atoms with Crippen LogP contribution in [0.3, 0.4) is 0 Å². The lowest BCUT2D eigenvalue weighted by Gasteiger charge is -2.26. The summed E-state index contributed by atoms with van der Waals surface area (Å²) in [5.74, 6) is 1.61. The molecule has 166 valence electrons. The van der Waals surface area contributed by atoms with Crippen LogP contribution < -0.4 is 10.6 Å². The van der Waals surface area contributed by atoms with Crippen LogP contribution in [-0.4, -0.2) is 86.9 Å². The number of morpholine rings is 1. The predicted molar refractivity (Wildman–Crippen MR) is 124 cm³/mol. The largest absolute Gasteiger partial charge is 0.379 e. The molecule has 1 saturated heterocycles. The molecule has 0 aromatic carbocycles. The molecule has 0 aliphatic carbocycles. The van der Waals surface area contributed by atoms with E-state index in [1.807, 2.05) is 6.07 Å². The minimum Gasteiger partial charge on any atom is -0.379 e. The van der Waals surface area contributed by atoms with E-state index in [0.717, 1.165) is 57.3 Å². The van der Waals surface area contributed by atoms with E-state index in [0.29, 0.717) is 18.4 Å². The third-order valence-corrected chi connectivity index (χ3v) is 4.52. The molecule has 0 atom stereocenters. The van der Waals surface area contributed by atoms with E-state index in [1.54, 1.807) is 14.1 Å². The molecule has 1 amide bonds. The molecule has 1 fully saturated rings. The van der Waals surface area contributed by atoms with Gasteiger partial charge in [-0.05, 0) is 18.9 Å². The molecule has 1 aromatic rings. The Morgan fingerprint density at radius 3 is 2.66 bits per heavy atom. The smallest absolute Gasteiger partial charge is 0.243 e. The van der Waals surface area contributed by atoms with Crippen LogP contribution in [0.2, 0.25) is 0 Å². The molecule has 2 rings (SSSR count). The SMILES string of the molecule is CC(C)c1cc(CNC(=NCC(=O)N(C)C)NCCCN2CCOCC2)on1.I. The van der Waals surface area contributed by atoms with Gasteiger partial charge in [-0.15, -0.1) is 24.0 Å². The summed E-state index contributed by atoms with van der Waals surface area (Å²) in [6.45, 7) is 10.1. The number of nitrogens with one attached hydrogen (secondary N) is 2. The maximum absolute atomic E-state index is 11.9. The number of hydrogen-bond donors (Lipinski definition) is 2. The number of carbonyl (C=O) groups is 1. The summed E-state index contributed by atoms with van der Waals surface area (Å²) in [6, 6.07) is 1.94. The molecule has 1 aliphatic rings. The first-order valence-corrected chi connectivity index (χ1v) is 9.93. The van der Waals surface area contributed by atoms with Crippen molar-refractivity contribution >= 4 is 35.8 Å². The van der Waals surface area contributed by atoms with Gasteiger partial charge in [0.15, 0.2) is 11.7 Å². The van der Waals surface area contributed by atoms with Gasteiger partial charge in [0.1, 0.15) is 6.54 Å². The number of amides is 1.